The molecule has 3 nitrogen and oxygen atoms in total. The summed E-state index contributed by atoms with van der Waals surface area (Å²) < 4.78 is 5.23. The van der Waals surface area contributed by atoms with Gasteiger partial charge in [-0.05, 0) is 44.1 Å². The second kappa shape index (κ2) is 11.5. The standard InChI is InChI=1S/C15H31NO2/c1-4-6-14(10-11-16)8-9-15(17)18-12-5-7-13(2)3/h13-14H,4-12,16H2,1-3H3. The van der Waals surface area contributed by atoms with Crippen molar-refractivity contribution in [2.45, 2.75) is 65.7 Å². The van der Waals surface area contributed by atoms with Crippen LogP contribution in [-0.2, 0) is 9.53 Å². The van der Waals surface area contributed by atoms with E-state index in [-0.39, 0.29) is 5.97 Å². The lowest BCUT2D eigenvalue weighted by molar-refractivity contribution is -0.144. The van der Waals surface area contributed by atoms with E-state index < -0.39 is 0 Å². The largest absolute Gasteiger partial charge is 0.466 e. The maximum atomic E-state index is 11.5. The fourth-order valence-corrected chi connectivity index (χ4v) is 2.15. The van der Waals surface area contributed by atoms with Gasteiger partial charge < -0.3 is 10.5 Å². The van der Waals surface area contributed by atoms with Crippen molar-refractivity contribution in [2.24, 2.45) is 17.6 Å². The fourth-order valence-electron chi connectivity index (χ4n) is 2.15. The summed E-state index contributed by atoms with van der Waals surface area (Å²) in [7, 11) is 0. The molecule has 0 heterocycles. The Bertz CT molecular complexity index is 199. The molecule has 0 bridgehead atoms. The summed E-state index contributed by atoms with van der Waals surface area (Å²) in [6.07, 6.45) is 6.92. The number of esters is 1. The van der Waals surface area contributed by atoms with Crippen LogP contribution >= 0.6 is 0 Å². The minimum absolute atomic E-state index is 0.0446. The summed E-state index contributed by atoms with van der Waals surface area (Å²) in [4.78, 5) is 11.5. The lowest BCUT2D eigenvalue weighted by atomic mass is 9.94. The van der Waals surface area contributed by atoms with Crippen LogP contribution in [0.5, 0.6) is 0 Å². The topological polar surface area (TPSA) is 52.3 Å². The van der Waals surface area contributed by atoms with Gasteiger partial charge in [-0.3, -0.25) is 4.79 Å². The molecule has 0 saturated carbocycles. The highest BCUT2D eigenvalue weighted by Crippen LogP contribution is 2.17. The molecule has 0 radical (unpaired) electrons. The van der Waals surface area contributed by atoms with Crippen LogP contribution in [0, 0.1) is 11.8 Å². The first kappa shape index (κ1) is 17.4. The van der Waals surface area contributed by atoms with Crippen LogP contribution in [0.2, 0.25) is 0 Å². The van der Waals surface area contributed by atoms with Crippen LogP contribution in [0.1, 0.15) is 65.7 Å². The van der Waals surface area contributed by atoms with E-state index in [9.17, 15) is 4.79 Å². The molecule has 1 atom stereocenters. The van der Waals surface area contributed by atoms with E-state index in [1.54, 1.807) is 0 Å². The third-order valence-corrected chi connectivity index (χ3v) is 3.22. The molecule has 0 fully saturated rings. The first-order chi connectivity index (χ1) is 8.60. The van der Waals surface area contributed by atoms with Gasteiger partial charge in [0, 0.05) is 6.42 Å². The molecule has 0 aromatic carbocycles. The molecule has 0 aromatic heterocycles. The normalized spacial score (nSPS) is 12.7. The van der Waals surface area contributed by atoms with Crippen molar-refractivity contribution < 1.29 is 9.53 Å². The van der Waals surface area contributed by atoms with Crippen LogP contribution in [0.25, 0.3) is 0 Å². The van der Waals surface area contributed by atoms with E-state index in [0.29, 0.717) is 31.4 Å². The van der Waals surface area contributed by atoms with Crippen molar-refractivity contribution in [1.29, 1.82) is 0 Å². The van der Waals surface area contributed by atoms with Crippen LogP contribution in [0.15, 0.2) is 0 Å². The van der Waals surface area contributed by atoms with Crippen molar-refractivity contribution in [1.82, 2.24) is 0 Å². The first-order valence-electron chi connectivity index (χ1n) is 7.45. The van der Waals surface area contributed by atoms with Gasteiger partial charge in [-0.15, -0.1) is 0 Å². The van der Waals surface area contributed by atoms with Gasteiger partial charge in [-0.25, -0.2) is 0 Å². The maximum Gasteiger partial charge on any atom is 0.305 e. The Kier molecular flexibility index (Phi) is 11.2. The average Bonchev–Trinajstić information content (AvgIpc) is 2.32. The fraction of sp³-hybridized carbons (Fsp3) is 0.933. The van der Waals surface area contributed by atoms with Gasteiger partial charge in [0.25, 0.3) is 0 Å². The van der Waals surface area contributed by atoms with Crippen molar-refractivity contribution in [3.05, 3.63) is 0 Å². The second-order valence-electron chi connectivity index (χ2n) is 5.53. The van der Waals surface area contributed by atoms with Crippen molar-refractivity contribution in [3.63, 3.8) is 0 Å². The smallest absolute Gasteiger partial charge is 0.305 e. The molecule has 2 N–H and O–H groups in total. The minimum Gasteiger partial charge on any atom is -0.466 e. The highest BCUT2D eigenvalue weighted by Gasteiger charge is 2.10. The summed E-state index contributed by atoms with van der Waals surface area (Å²) in [6.45, 7) is 7.84. The lowest BCUT2D eigenvalue weighted by Gasteiger charge is -2.14. The van der Waals surface area contributed by atoms with Crippen LogP contribution in [0.4, 0.5) is 0 Å². The molecule has 0 amide bonds. The van der Waals surface area contributed by atoms with Crippen LogP contribution < -0.4 is 5.73 Å². The van der Waals surface area contributed by atoms with Crippen LogP contribution in [-0.4, -0.2) is 19.1 Å². The maximum absolute atomic E-state index is 11.5. The number of ether oxygens (including phenoxy) is 1. The van der Waals surface area contributed by atoms with E-state index in [2.05, 4.69) is 20.8 Å². The molecule has 3 heteroatoms. The third kappa shape index (κ3) is 10.6. The summed E-state index contributed by atoms with van der Waals surface area (Å²) in [5.41, 5.74) is 5.58. The highest BCUT2D eigenvalue weighted by molar-refractivity contribution is 5.69. The Labute approximate surface area is 112 Å². The Morgan fingerprint density at radius 2 is 1.89 bits per heavy atom. The van der Waals surface area contributed by atoms with Gasteiger partial charge >= 0.3 is 5.97 Å². The number of carbonyl (C=O) groups is 1. The Balaban J connectivity index is 3.60. The van der Waals surface area contributed by atoms with E-state index in [4.69, 9.17) is 10.5 Å². The van der Waals surface area contributed by atoms with Crippen molar-refractivity contribution >= 4 is 5.97 Å². The lowest BCUT2D eigenvalue weighted by Crippen LogP contribution is -2.12. The monoisotopic (exact) mass is 257 g/mol. The molecule has 0 rings (SSSR count). The molecule has 1 unspecified atom stereocenters. The van der Waals surface area contributed by atoms with Gasteiger partial charge in [0.15, 0.2) is 0 Å². The van der Waals surface area contributed by atoms with E-state index >= 15 is 0 Å². The SMILES string of the molecule is CCCC(CCN)CCC(=O)OCCCC(C)C. The van der Waals surface area contributed by atoms with Gasteiger partial charge in [0.2, 0.25) is 0 Å². The predicted molar refractivity (Wildman–Crippen MR) is 76.3 cm³/mol. The summed E-state index contributed by atoms with van der Waals surface area (Å²) in [5, 5.41) is 0. The second-order valence-corrected chi connectivity index (χ2v) is 5.53. The quantitative estimate of drug-likeness (QED) is 0.455. The predicted octanol–water partition coefficient (Wildman–Crippen LogP) is 3.51. The number of nitrogens with two attached hydrogens (primary N) is 1. The van der Waals surface area contributed by atoms with Crippen molar-refractivity contribution in [2.75, 3.05) is 13.2 Å². The summed E-state index contributed by atoms with van der Waals surface area (Å²) in [6, 6.07) is 0. The Morgan fingerprint density at radius 3 is 2.44 bits per heavy atom. The van der Waals surface area contributed by atoms with Gasteiger partial charge in [-0.2, -0.15) is 0 Å². The zero-order valence-electron chi connectivity index (χ0n) is 12.4. The molecule has 0 aliphatic heterocycles. The van der Waals surface area contributed by atoms with Gasteiger partial charge in [0.1, 0.15) is 0 Å². The molecular weight excluding hydrogens is 226 g/mol. The van der Waals surface area contributed by atoms with E-state index in [1.165, 1.54) is 0 Å². The molecule has 0 aliphatic rings. The molecule has 0 aliphatic carbocycles. The Morgan fingerprint density at radius 1 is 1.17 bits per heavy atom. The van der Waals surface area contributed by atoms with Crippen LogP contribution in [0.3, 0.4) is 0 Å². The molecule has 0 spiro atoms. The number of carbonyl (C=O) groups excluding carboxylic acids is 1. The first-order valence-corrected chi connectivity index (χ1v) is 7.45. The molecule has 0 aromatic rings. The number of hydrogen-bond acceptors (Lipinski definition) is 3. The number of hydrogen-bond donors (Lipinski definition) is 1. The van der Waals surface area contributed by atoms with E-state index in [0.717, 1.165) is 38.5 Å². The summed E-state index contributed by atoms with van der Waals surface area (Å²) >= 11 is 0. The molecular formula is C15H31NO2. The minimum atomic E-state index is -0.0446. The zero-order valence-corrected chi connectivity index (χ0v) is 12.4. The van der Waals surface area contributed by atoms with Gasteiger partial charge in [-0.1, -0.05) is 33.6 Å². The highest BCUT2D eigenvalue weighted by atomic mass is 16.5. The van der Waals surface area contributed by atoms with Crippen molar-refractivity contribution in [3.8, 4) is 0 Å². The molecule has 108 valence electrons. The van der Waals surface area contributed by atoms with E-state index in [1.807, 2.05) is 0 Å². The zero-order chi connectivity index (χ0) is 13.8. The third-order valence-electron chi connectivity index (χ3n) is 3.22. The van der Waals surface area contributed by atoms with Gasteiger partial charge in [0.05, 0.1) is 6.61 Å². The molecule has 18 heavy (non-hydrogen) atoms. The molecule has 0 saturated heterocycles. The number of rotatable bonds is 11. The average molecular weight is 257 g/mol. The summed E-state index contributed by atoms with van der Waals surface area (Å²) in [5.74, 6) is 1.22. The Hall–Kier alpha value is -0.570.